The lowest BCUT2D eigenvalue weighted by Crippen LogP contribution is -2.47. The summed E-state index contributed by atoms with van der Waals surface area (Å²) < 4.78 is 10.9. The first kappa shape index (κ1) is 34.8. The van der Waals surface area contributed by atoms with Crippen LogP contribution < -0.4 is 19.7 Å². The van der Waals surface area contributed by atoms with E-state index < -0.39 is 12.1 Å². The van der Waals surface area contributed by atoms with Crippen LogP contribution in [0.4, 0.5) is 10.5 Å². The van der Waals surface area contributed by atoms with Gasteiger partial charge in [-0.3, -0.25) is 19.4 Å². The number of carbonyl (C=O) groups is 3. The van der Waals surface area contributed by atoms with E-state index in [1.54, 1.807) is 25.3 Å². The van der Waals surface area contributed by atoms with Crippen molar-refractivity contribution in [3.63, 3.8) is 0 Å². The van der Waals surface area contributed by atoms with Crippen molar-refractivity contribution in [3.05, 3.63) is 89.0 Å². The highest BCUT2D eigenvalue weighted by Gasteiger charge is 2.43. The van der Waals surface area contributed by atoms with Crippen LogP contribution in [0.2, 0.25) is 0 Å². The van der Waals surface area contributed by atoms with Crippen LogP contribution in [0, 0.1) is 0 Å². The first-order valence-corrected chi connectivity index (χ1v) is 17.1. The van der Waals surface area contributed by atoms with Gasteiger partial charge in [-0.2, -0.15) is 0 Å². The van der Waals surface area contributed by atoms with Crippen molar-refractivity contribution in [2.45, 2.75) is 64.0 Å². The van der Waals surface area contributed by atoms with Gasteiger partial charge in [0.15, 0.2) is 11.5 Å². The SMILES string of the molecule is C1CCCC1.COc1ccc([C@@H](CCCNC(=O)O)N2C(=O)c3cccc(N4CCN([C@H](C)c5ccccc5)CC4)c3C2=O)cc1OC. The Kier molecular flexibility index (Phi) is 11.9. The normalized spacial score (nSPS) is 17.3. The van der Waals surface area contributed by atoms with Gasteiger partial charge in [-0.1, -0.05) is 74.6 Å². The molecule has 2 atom stereocenters. The first-order chi connectivity index (χ1) is 23.3. The topological polar surface area (TPSA) is 112 Å². The van der Waals surface area contributed by atoms with E-state index in [0.29, 0.717) is 41.0 Å². The molecule has 1 saturated carbocycles. The molecule has 0 unspecified atom stereocenters. The third-order valence-electron chi connectivity index (χ3n) is 9.69. The quantitative estimate of drug-likeness (QED) is 0.169. The summed E-state index contributed by atoms with van der Waals surface area (Å²) in [5.74, 6) is 0.308. The maximum atomic E-state index is 14.2. The van der Waals surface area contributed by atoms with Crippen LogP contribution in [0.5, 0.6) is 11.5 Å². The second kappa shape index (κ2) is 16.5. The molecule has 0 bridgehead atoms. The number of methoxy groups -OCH3 is 2. The van der Waals surface area contributed by atoms with E-state index in [-0.39, 0.29) is 24.4 Å². The summed E-state index contributed by atoms with van der Waals surface area (Å²) >= 11 is 0. The minimum absolute atomic E-state index is 0.194. The van der Waals surface area contributed by atoms with Gasteiger partial charge in [0.25, 0.3) is 11.8 Å². The Morgan fingerprint density at radius 3 is 2.10 bits per heavy atom. The van der Waals surface area contributed by atoms with Crippen LogP contribution in [-0.4, -0.2) is 79.8 Å². The molecule has 2 N–H and O–H groups in total. The predicted molar refractivity (Wildman–Crippen MR) is 186 cm³/mol. The minimum Gasteiger partial charge on any atom is -0.493 e. The number of ether oxygens (including phenoxy) is 2. The summed E-state index contributed by atoms with van der Waals surface area (Å²) in [6.07, 6.45) is 7.17. The van der Waals surface area contributed by atoms with E-state index >= 15 is 0 Å². The Morgan fingerprint density at radius 2 is 1.48 bits per heavy atom. The van der Waals surface area contributed by atoms with Gasteiger partial charge in [-0.05, 0) is 55.2 Å². The van der Waals surface area contributed by atoms with E-state index in [4.69, 9.17) is 14.6 Å². The van der Waals surface area contributed by atoms with Crippen LogP contribution in [-0.2, 0) is 0 Å². The average Bonchev–Trinajstić information content (AvgIpc) is 3.79. The Morgan fingerprint density at radius 1 is 0.812 bits per heavy atom. The second-order valence-electron chi connectivity index (χ2n) is 12.6. The van der Waals surface area contributed by atoms with E-state index in [0.717, 1.165) is 31.9 Å². The van der Waals surface area contributed by atoms with Crippen LogP contribution in [0.15, 0.2) is 66.7 Å². The summed E-state index contributed by atoms with van der Waals surface area (Å²) in [5, 5.41) is 11.4. The molecule has 2 heterocycles. The summed E-state index contributed by atoms with van der Waals surface area (Å²) in [6, 6.07) is 20.9. The lowest BCUT2D eigenvalue weighted by molar-refractivity contribution is 0.0571. The zero-order valence-electron chi connectivity index (χ0n) is 28.3. The number of fused-ring (bicyclic) bond motifs is 1. The molecule has 2 fully saturated rings. The number of carboxylic acid groups (broad SMARTS) is 1. The van der Waals surface area contributed by atoms with E-state index in [1.807, 2.05) is 24.3 Å². The number of carbonyl (C=O) groups excluding carboxylic acids is 2. The molecular formula is C38H48N4O6. The smallest absolute Gasteiger partial charge is 0.404 e. The van der Waals surface area contributed by atoms with Gasteiger partial charge in [-0.15, -0.1) is 0 Å². The summed E-state index contributed by atoms with van der Waals surface area (Å²) in [6.45, 7) is 5.53. The fourth-order valence-corrected chi connectivity index (χ4v) is 7.00. The maximum absolute atomic E-state index is 14.2. The Labute approximate surface area is 283 Å². The molecule has 3 amide bonds. The number of hydrogen-bond donors (Lipinski definition) is 2. The molecule has 10 nitrogen and oxygen atoms in total. The molecule has 256 valence electrons. The van der Waals surface area contributed by atoms with Crippen LogP contribution in [0.3, 0.4) is 0 Å². The standard InChI is InChI=1S/C33H38N4O6.C5H10/c1-22(23-9-5-4-6-10-23)35-17-19-36(20-18-35)27-12-7-11-25-30(27)32(39)37(31(25)38)26(13-8-16-34-33(40)41)24-14-15-28(42-2)29(21-24)43-3;1-2-4-5-3-1/h4-7,9-12,14-15,21-22,26,34H,8,13,16-20H2,1-3H3,(H,40,41);1-5H2/t22-,26-;/m1./s1. The van der Waals surface area contributed by atoms with Crippen molar-refractivity contribution in [1.82, 2.24) is 15.1 Å². The number of piperazine rings is 1. The number of nitrogens with one attached hydrogen (secondary N) is 1. The Balaban J connectivity index is 0.000000825. The number of amides is 3. The summed E-state index contributed by atoms with van der Waals surface area (Å²) in [5.41, 5.74) is 3.55. The minimum atomic E-state index is -1.12. The number of hydrogen-bond acceptors (Lipinski definition) is 7. The molecule has 1 aliphatic carbocycles. The number of imide groups is 1. The van der Waals surface area contributed by atoms with Gasteiger partial charge in [0, 0.05) is 38.8 Å². The second-order valence-corrected chi connectivity index (χ2v) is 12.6. The molecule has 3 aliphatic rings. The van der Waals surface area contributed by atoms with Crippen molar-refractivity contribution >= 4 is 23.6 Å². The lowest BCUT2D eigenvalue weighted by atomic mass is 9.99. The van der Waals surface area contributed by atoms with Crippen molar-refractivity contribution in [2.75, 3.05) is 51.8 Å². The monoisotopic (exact) mass is 656 g/mol. The van der Waals surface area contributed by atoms with Gasteiger partial charge in [0.2, 0.25) is 0 Å². The number of benzene rings is 3. The van der Waals surface area contributed by atoms with Gasteiger partial charge in [0.1, 0.15) is 0 Å². The number of rotatable bonds is 11. The number of anilines is 1. The van der Waals surface area contributed by atoms with Crippen LogP contribution in [0.1, 0.15) is 95.8 Å². The molecule has 2 aliphatic heterocycles. The lowest BCUT2D eigenvalue weighted by Gasteiger charge is -2.39. The third-order valence-corrected chi connectivity index (χ3v) is 9.69. The highest BCUT2D eigenvalue weighted by atomic mass is 16.5. The highest BCUT2D eigenvalue weighted by molar-refractivity contribution is 6.24. The fourth-order valence-electron chi connectivity index (χ4n) is 7.00. The van der Waals surface area contributed by atoms with Gasteiger partial charge in [-0.25, -0.2) is 4.79 Å². The molecule has 0 radical (unpaired) electrons. The maximum Gasteiger partial charge on any atom is 0.404 e. The summed E-state index contributed by atoms with van der Waals surface area (Å²) in [4.78, 5) is 45.0. The van der Waals surface area contributed by atoms with Crippen LogP contribution in [0.25, 0.3) is 0 Å². The summed E-state index contributed by atoms with van der Waals surface area (Å²) in [7, 11) is 3.07. The largest absolute Gasteiger partial charge is 0.493 e. The fraction of sp³-hybridized carbons (Fsp3) is 0.447. The molecule has 0 spiro atoms. The van der Waals surface area contributed by atoms with Gasteiger partial charge in [0.05, 0.1) is 37.1 Å². The zero-order valence-corrected chi connectivity index (χ0v) is 28.3. The van der Waals surface area contributed by atoms with Crippen LogP contribution >= 0.6 is 0 Å². The Hall–Kier alpha value is -4.57. The van der Waals surface area contributed by atoms with E-state index in [9.17, 15) is 14.4 Å². The first-order valence-electron chi connectivity index (χ1n) is 17.1. The molecule has 10 heteroatoms. The molecule has 3 aromatic rings. The van der Waals surface area contributed by atoms with Crippen molar-refractivity contribution in [2.24, 2.45) is 0 Å². The predicted octanol–water partition coefficient (Wildman–Crippen LogP) is 6.92. The molecule has 1 saturated heterocycles. The molecular weight excluding hydrogens is 608 g/mol. The van der Waals surface area contributed by atoms with Crippen molar-refractivity contribution in [1.29, 1.82) is 0 Å². The number of nitrogens with zero attached hydrogens (tertiary/aromatic N) is 3. The average molecular weight is 657 g/mol. The highest BCUT2D eigenvalue weighted by Crippen LogP contribution is 2.40. The molecule has 0 aromatic heterocycles. The molecule has 48 heavy (non-hydrogen) atoms. The van der Waals surface area contributed by atoms with Gasteiger partial charge >= 0.3 is 6.09 Å². The van der Waals surface area contributed by atoms with Crippen molar-refractivity contribution < 1.29 is 29.0 Å². The molecule has 3 aromatic carbocycles. The zero-order chi connectivity index (χ0) is 34.0. The van der Waals surface area contributed by atoms with Gasteiger partial charge < -0.3 is 24.8 Å². The third kappa shape index (κ3) is 7.93. The Bertz CT molecular complexity index is 1540. The van der Waals surface area contributed by atoms with E-state index in [2.05, 4.69) is 46.3 Å². The van der Waals surface area contributed by atoms with E-state index in [1.165, 1.54) is 49.7 Å². The van der Waals surface area contributed by atoms with Crippen molar-refractivity contribution in [3.8, 4) is 11.5 Å². The molecule has 6 rings (SSSR count).